The van der Waals surface area contributed by atoms with Crippen molar-refractivity contribution in [1.82, 2.24) is 9.80 Å². The Bertz CT molecular complexity index is 810. The number of aryl methyl sites for hydroxylation is 1. The summed E-state index contributed by atoms with van der Waals surface area (Å²) in [6, 6.07) is 13.5. The van der Waals surface area contributed by atoms with Crippen molar-refractivity contribution in [1.29, 1.82) is 0 Å². The van der Waals surface area contributed by atoms with Crippen LogP contribution < -0.4 is 0 Å². The summed E-state index contributed by atoms with van der Waals surface area (Å²) in [7, 11) is 0. The van der Waals surface area contributed by atoms with Gasteiger partial charge in [-0.2, -0.15) is 0 Å². The van der Waals surface area contributed by atoms with Crippen LogP contribution in [0.25, 0.3) is 0 Å². The van der Waals surface area contributed by atoms with Gasteiger partial charge in [-0.15, -0.1) is 0 Å². The normalized spacial score (nSPS) is 14.7. The van der Waals surface area contributed by atoms with Gasteiger partial charge in [0.05, 0.1) is 5.56 Å². The second-order valence-electron chi connectivity index (χ2n) is 6.63. The molecular weight excluding hydrogens is 367 g/mol. The number of halogens is 2. The number of rotatable bonds is 4. The van der Waals surface area contributed by atoms with Crippen LogP contribution in [0.4, 0.5) is 4.39 Å². The van der Waals surface area contributed by atoms with Gasteiger partial charge in [-0.25, -0.2) is 4.39 Å². The summed E-state index contributed by atoms with van der Waals surface area (Å²) in [4.78, 5) is 28.5. The molecule has 2 aromatic rings. The molecule has 2 aromatic carbocycles. The molecule has 0 saturated carbocycles. The van der Waals surface area contributed by atoms with Crippen molar-refractivity contribution in [3.8, 4) is 0 Å². The minimum atomic E-state index is -0.511. The average Bonchev–Trinajstić information content (AvgIpc) is 2.93. The van der Waals surface area contributed by atoms with Crippen LogP contribution in [0.2, 0.25) is 5.02 Å². The molecule has 0 aromatic heterocycles. The molecule has 0 N–H and O–H groups in total. The molecule has 2 amide bonds. The predicted molar refractivity (Wildman–Crippen MR) is 103 cm³/mol. The molecule has 142 valence electrons. The van der Waals surface area contributed by atoms with Gasteiger partial charge >= 0.3 is 0 Å². The third-order valence-corrected chi connectivity index (χ3v) is 5.03. The van der Waals surface area contributed by atoms with Crippen LogP contribution in [0.1, 0.15) is 28.8 Å². The van der Waals surface area contributed by atoms with E-state index in [9.17, 15) is 14.0 Å². The molecule has 1 saturated heterocycles. The zero-order valence-corrected chi connectivity index (χ0v) is 15.8. The molecule has 0 radical (unpaired) electrons. The Morgan fingerprint density at radius 3 is 2.33 bits per heavy atom. The monoisotopic (exact) mass is 388 g/mol. The molecule has 0 bridgehead atoms. The van der Waals surface area contributed by atoms with Crippen LogP contribution >= 0.6 is 11.6 Å². The Labute approximate surface area is 163 Å². The molecule has 3 rings (SSSR count). The van der Waals surface area contributed by atoms with Gasteiger partial charge in [-0.3, -0.25) is 9.59 Å². The molecule has 0 spiro atoms. The maximum Gasteiger partial charge on any atom is 0.256 e. The summed E-state index contributed by atoms with van der Waals surface area (Å²) < 4.78 is 13.9. The molecular formula is C21H22ClFN2O2. The first-order valence-corrected chi connectivity index (χ1v) is 9.48. The van der Waals surface area contributed by atoms with Crippen LogP contribution in [0, 0.1) is 5.82 Å². The van der Waals surface area contributed by atoms with Crippen molar-refractivity contribution >= 4 is 23.4 Å². The van der Waals surface area contributed by atoms with E-state index in [2.05, 4.69) is 0 Å². The Kier molecular flexibility index (Phi) is 6.45. The van der Waals surface area contributed by atoms with Crippen molar-refractivity contribution in [2.24, 2.45) is 0 Å². The first kappa shape index (κ1) is 19.4. The minimum Gasteiger partial charge on any atom is -0.341 e. The van der Waals surface area contributed by atoms with Crippen molar-refractivity contribution < 1.29 is 14.0 Å². The topological polar surface area (TPSA) is 40.6 Å². The van der Waals surface area contributed by atoms with Gasteiger partial charge in [0.2, 0.25) is 5.91 Å². The number of carbonyl (C=O) groups is 2. The lowest BCUT2D eigenvalue weighted by Gasteiger charge is -2.22. The fourth-order valence-electron chi connectivity index (χ4n) is 3.24. The van der Waals surface area contributed by atoms with Crippen molar-refractivity contribution in [2.75, 3.05) is 26.2 Å². The Balaban J connectivity index is 1.54. The summed E-state index contributed by atoms with van der Waals surface area (Å²) in [5, 5.41) is 0.678. The van der Waals surface area contributed by atoms with Crippen LogP contribution in [-0.2, 0) is 11.2 Å². The van der Waals surface area contributed by atoms with E-state index in [1.807, 2.05) is 24.3 Å². The third-order valence-electron chi connectivity index (χ3n) is 4.78. The number of amides is 2. The highest BCUT2D eigenvalue weighted by atomic mass is 35.5. The molecule has 1 fully saturated rings. The number of nitrogens with zero attached hydrogens (tertiary/aromatic N) is 2. The summed E-state index contributed by atoms with van der Waals surface area (Å²) in [5.74, 6) is -0.753. The lowest BCUT2D eigenvalue weighted by atomic mass is 10.1. The molecule has 27 heavy (non-hydrogen) atoms. The Hall–Kier alpha value is -2.40. The van der Waals surface area contributed by atoms with Gasteiger partial charge < -0.3 is 9.80 Å². The number of hydrogen-bond acceptors (Lipinski definition) is 2. The summed E-state index contributed by atoms with van der Waals surface area (Å²) >= 11 is 5.88. The van der Waals surface area contributed by atoms with E-state index in [0.29, 0.717) is 50.5 Å². The Morgan fingerprint density at radius 1 is 0.926 bits per heavy atom. The van der Waals surface area contributed by atoms with Crippen LogP contribution in [0.3, 0.4) is 0 Å². The molecule has 0 aliphatic carbocycles. The molecule has 1 aliphatic heterocycles. The van der Waals surface area contributed by atoms with Gasteiger partial charge in [0.1, 0.15) is 5.82 Å². The largest absolute Gasteiger partial charge is 0.341 e. The third kappa shape index (κ3) is 5.07. The quantitative estimate of drug-likeness (QED) is 0.799. The standard InChI is InChI=1S/C21H22ClFN2O2/c22-17-9-6-16(7-10-17)8-11-20(26)24-12-3-13-25(15-14-24)21(27)18-4-1-2-5-19(18)23/h1-2,4-7,9-10H,3,8,11-15H2. The van der Waals surface area contributed by atoms with Crippen molar-refractivity contribution in [3.63, 3.8) is 0 Å². The summed E-state index contributed by atoms with van der Waals surface area (Å²) in [5.41, 5.74) is 1.15. The minimum absolute atomic E-state index is 0.0742. The summed E-state index contributed by atoms with van der Waals surface area (Å²) in [6.07, 6.45) is 1.76. The first-order chi connectivity index (χ1) is 13.0. The zero-order chi connectivity index (χ0) is 19.2. The lowest BCUT2D eigenvalue weighted by molar-refractivity contribution is -0.131. The van der Waals surface area contributed by atoms with E-state index in [4.69, 9.17) is 11.6 Å². The lowest BCUT2D eigenvalue weighted by Crippen LogP contribution is -2.37. The zero-order valence-electron chi connectivity index (χ0n) is 15.0. The highest BCUT2D eigenvalue weighted by molar-refractivity contribution is 6.30. The van der Waals surface area contributed by atoms with Crippen molar-refractivity contribution in [2.45, 2.75) is 19.3 Å². The second-order valence-corrected chi connectivity index (χ2v) is 7.07. The van der Waals surface area contributed by atoms with E-state index in [1.165, 1.54) is 12.1 Å². The Morgan fingerprint density at radius 2 is 1.59 bits per heavy atom. The van der Waals surface area contributed by atoms with Crippen molar-refractivity contribution in [3.05, 3.63) is 70.5 Å². The van der Waals surface area contributed by atoms with Crippen LogP contribution in [0.5, 0.6) is 0 Å². The van der Waals surface area contributed by atoms with Gasteiger partial charge in [0.15, 0.2) is 0 Å². The smallest absolute Gasteiger partial charge is 0.256 e. The van der Waals surface area contributed by atoms with Gasteiger partial charge in [0.25, 0.3) is 5.91 Å². The van der Waals surface area contributed by atoms with Gasteiger partial charge in [0, 0.05) is 37.6 Å². The number of benzene rings is 2. The number of carbonyl (C=O) groups excluding carboxylic acids is 2. The molecule has 6 heteroatoms. The van der Waals surface area contributed by atoms with Crippen LogP contribution in [0.15, 0.2) is 48.5 Å². The molecule has 4 nitrogen and oxygen atoms in total. The molecule has 1 aliphatic rings. The first-order valence-electron chi connectivity index (χ1n) is 9.10. The van der Waals surface area contributed by atoms with E-state index in [1.54, 1.807) is 21.9 Å². The van der Waals surface area contributed by atoms with E-state index < -0.39 is 5.82 Å². The van der Waals surface area contributed by atoms with Gasteiger partial charge in [-0.05, 0) is 42.7 Å². The predicted octanol–water partition coefficient (Wildman–Crippen LogP) is 3.79. The maximum absolute atomic E-state index is 13.9. The molecule has 1 heterocycles. The maximum atomic E-state index is 13.9. The van der Waals surface area contributed by atoms with Crippen LogP contribution in [-0.4, -0.2) is 47.8 Å². The van der Waals surface area contributed by atoms with E-state index in [0.717, 1.165) is 5.56 Å². The second kappa shape index (κ2) is 9.00. The average molecular weight is 389 g/mol. The van der Waals surface area contributed by atoms with E-state index >= 15 is 0 Å². The summed E-state index contributed by atoms with van der Waals surface area (Å²) in [6.45, 7) is 2.02. The van der Waals surface area contributed by atoms with E-state index in [-0.39, 0.29) is 17.4 Å². The molecule has 0 unspecified atom stereocenters. The van der Waals surface area contributed by atoms with Gasteiger partial charge in [-0.1, -0.05) is 35.9 Å². The fraction of sp³-hybridized carbons (Fsp3) is 0.333. The number of hydrogen-bond donors (Lipinski definition) is 0. The molecule has 0 atom stereocenters. The SMILES string of the molecule is O=C(CCc1ccc(Cl)cc1)N1CCCN(C(=O)c2ccccc2F)CC1. The highest BCUT2D eigenvalue weighted by Gasteiger charge is 2.24. The highest BCUT2D eigenvalue weighted by Crippen LogP contribution is 2.15. The fourth-order valence-corrected chi connectivity index (χ4v) is 3.36.